The van der Waals surface area contributed by atoms with Crippen molar-refractivity contribution in [2.75, 3.05) is 46.4 Å². The molecule has 0 aliphatic carbocycles. The lowest BCUT2D eigenvalue weighted by Gasteiger charge is -2.31. The van der Waals surface area contributed by atoms with Crippen molar-refractivity contribution in [1.82, 2.24) is 20.1 Å². The lowest BCUT2D eigenvalue weighted by atomic mass is 9.93. The van der Waals surface area contributed by atoms with E-state index >= 15 is 0 Å². The summed E-state index contributed by atoms with van der Waals surface area (Å²) in [6.45, 7) is 8.58. The number of benzene rings is 3. The molecule has 1 aliphatic heterocycles. The first-order valence-electron chi connectivity index (χ1n) is 17.7. The largest absolute Gasteiger partial charge is 0.493 e. The normalized spacial score (nSPS) is 14.3. The van der Waals surface area contributed by atoms with Gasteiger partial charge in [0.15, 0.2) is 0 Å². The maximum atomic E-state index is 12.0. The topological polar surface area (TPSA) is 157 Å². The Morgan fingerprint density at radius 1 is 0.981 bits per heavy atom. The molecular formula is C41H46ClN5O7. The summed E-state index contributed by atoms with van der Waals surface area (Å²) >= 11 is 6.73. The number of halogens is 1. The number of hydrogen-bond donors (Lipinski definition) is 3. The van der Waals surface area contributed by atoms with Gasteiger partial charge in [-0.25, -0.2) is 0 Å². The van der Waals surface area contributed by atoms with E-state index in [-0.39, 0.29) is 25.7 Å². The molecule has 3 aromatic carbocycles. The van der Waals surface area contributed by atoms with Crippen molar-refractivity contribution in [2.45, 2.75) is 52.5 Å². The molecule has 1 amide bonds. The number of piperazine rings is 1. The van der Waals surface area contributed by atoms with E-state index < -0.39 is 18.1 Å². The number of aliphatic hydroxyl groups excluding tert-OH is 1. The fourth-order valence-corrected chi connectivity index (χ4v) is 6.30. The first-order chi connectivity index (χ1) is 25.9. The third kappa shape index (κ3) is 9.86. The summed E-state index contributed by atoms with van der Waals surface area (Å²) in [5.74, 6) is 0.497. The smallest absolute Gasteiger partial charge is 0.326 e. The lowest BCUT2D eigenvalue weighted by molar-refractivity contribution is -0.146. The molecule has 5 rings (SSSR count). The summed E-state index contributed by atoms with van der Waals surface area (Å²) < 4.78 is 18.7. The second-order valence-electron chi connectivity index (χ2n) is 13.6. The predicted molar refractivity (Wildman–Crippen MR) is 205 cm³/mol. The monoisotopic (exact) mass is 755 g/mol. The van der Waals surface area contributed by atoms with Gasteiger partial charge in [-0.2, -0.15) is 5.26 Å². The van der Waals surface area contributed by atoms with Gasteiger partial charge < -0.3 is 29.3 Å². The number of hydrogen-bond acceptors (Lipinski definition) is 10. The molecule has 1 aliphatic rings. The van der Waals surface area contributed by atoms with E-state index in [1.807, 2.05) is 38.2 Å². The van der Waals surface area contributed by atoms with Gasteiger partial charge in [-0.3, -0.25) is 24.8 Å². The Kier molecular flexibility index (Phi) is 13.5. The van der Waals surface area contributed by atoms with Gasteiger partial charge in [-0.1, -0.05) is 41.9 Å². The van der Waals surface area contributed by atoms with Crippen LogP contribution in [0.25, 0.3) is 11.1 Å². The van der Waals surface area contributed by atoms with Crippen molar-refractivity contribution in [3.8, 4) is 34.4 Å². The predicted octanol–water partition coefficient (Wildman–Crippen LogP) is 5.52. The molecule has 12 nitrogen and oxygen atoms in total. The number of carboxylic acid groups (broad SMARTS) is 1. The van der Waals surface area contributed by atoms with Crippen LogP contribution in [-0.2, 0) is 29.3 Å². The molecule has 4 aromatic rings. The SMILES string of the molecule is Cc1c(COc2cc(OCc3cncc(C#N)c3)c(CN[C@@](C)(CO)C(=O)O)cc2Cl)cccc1-c1cccc(OCCCN2CCN(C)C(=O)C2)c1C. The molecule has 0 spiro atoms. The quantitative estimate of drug-likeness (QED) is 0.117. The molecular weight excluding hydrogens is 710 g/mol. The van der Waals surface area contributed by atoms with E-state index in [1.165, 1.54) is 13.1 Å². The highest BCUT2D eigenvalue weighted by atomic mass is 35.5. The number of aliphatic carboxylic acids is 1. The first-order valence-corrected chi connectivity index (χ1v) is 18.1. The summed E-state index contributed by atoms with van der Waals surface area (Å²) in [6, 6.07) is 19.1. The fourth-order valence-electron chi connectivity index (χ4n) is 6.06. The highest BCUT2D eigenvalue weighted by Gasteiger charge is 2.32. The van der Waals surface area contributed by atoms with Crippen LogP contribution in [0.3, 0.4) is 0 Å². The molecule has 0 radical (unpaired) electrons. The van der Waals surface area contributed by atoms with Crippen molar-refractivity contribution in [3.63, 3.8) is 0 Å². The molecule has 1 saturated heterocycles. The number of likely N-dealkylation sites (N-methyl/N-ethyl adjacent to an activating group) is 1. The van der Waals surface area contributed by atoms with Gasteiger partial charge in [0.1, 0.15) is 42.1 Å². The first kappa shape index (κ1) is 40.0. The van der Waals surface area contributed by atoms with Crippen LogP contribution < -0.4 is 19.5 Å². The molecule has 1 fully saturated rings. The van der Waals surface area contributed by atoms with Gasteiger partial charge in [-0.15, -0.1) is 0 Å². The number of ether oxygens (including phenoxy) is 3. The summed E-state index contributed by atoms with van der Waals surface area (Å²) in [5.41, 5.74) is 5.11. The number of pyridine rings is 1. The van der Waals surface area contributed by atoms with E-state index in [2.05, 4.69) is 40.3 Å². The van der Waals surface area contributed by atoms with Crippen LogP contribution in [-0.4, -0.2) is 88.9 Å². The Labute approximate surface area is 320 Å². The van der Waals surface area contributed by atoms with Crippen LogP contribution >= 0.6 is 11.6 Å². The fraction of sp³-hybridized carbons (Fsp3) is 0.366. The van der Waals surface area contributed by atoms with Crippen LogP contribution in [0.1, 0.15) is 46.7 Å². The van der Waals surface area contributed by atoms with Gasteiger partial charge in [0.05, 0.1) is 30.3 Å². The number of aromatic nitrogens is 1. The standard InChI is InChI=1S/C41H46ClN5O7/c1-27-31(8-5-9-33(27)34-10-6-11-36(28(34)2)52-15-7-12-47-14-13-46(4)39(49)23-47)25-54-38-18-37(53-24-30-16-29(19-43)20-44-21-30)32(17-35(38)42)22-45-41(3,26-48)40(50)51/h5-6,8-11,16-18,20-21,45,48H,7,12-15,22-26H2,1-4H3,(H,50,51)/t41-/m0/s1. The van der Waals surface area contributed by atoms with E-state index in [0.717, 1.165) is 59.6 Å². The van der Waals surface area contributed by atoms with Crippen molar-refractivity contribution < 1.29 is 34.0 Å². The summed E-state index contributed by atoms with van der Waals surface area (Å²) in [4.78, 5) is 31.9. The Morgan fingerprint density at radius 2 is 1.72 bits per heavy atom. The van der Waals surface area contributed by atoms with E-state index in [0.29, 0.717) is 46.4 Å². The van der Waals surface area contributed by atoms with Crippen molar-refractivity contribution in [1.29, 1.82) is 5.26 Å². The second-order valence-corrected chi connectivity index (χ2v) is 14.0. The van der Waals surface area contributed by atoms with Crippen molar-refractivity contribution >= 4 is 23.5 Å². The summed E-state index contributed by atoms with van der Waals surface area (Å²) in [6.07, 6.45) is 3.87. The summed E-state index contributed by atoms with van der Waals surface area (Å²) in [7, 11) is 1.84. The van der Waals surface area contributed by atoms with Crippen LogP contribution in [0.15, 0.2) is 67.0 Å². The van der Waals surface area contributed by atoms with Crippen molar-refractivity contribution in [3.05, 3.63) is 105 Å². The van der Waals surface area contributed by atoms with Gasteiger partial charge >= 0.3 is 5.97 Å². The van der Waals surface area contributed by atoms with Gasteiger partial charge in [-0.05, 0) is 73.2 Å². The van der Waals surface area contributed by atoms with Gasteiger partial charge in [0.2, 0.25) is 5.91 Å². The van der Waals surface area contributed by atoms with E-state index in [4.69, 9.17) is 25.8 Å². The van der Waals surface area contributed by atoms with Crippen LogP contribution in [0.5, 0.6) is 17.2 Å². The average Bonchev–Trinajstić information content (AvgIpc) is 3.17. The zero-order chi connectivity index (χ0) is 38.8. The number of nitrogens with zero attached hydrogens (tertiary/aromatic N) is 4. The highest BCUT2D eigenvalue weighted by molar-refractivity contribution is 6.32. The van der Waals surface area contributed by atoms with Crippen LogP contribution in [0.4, 0.5) is 0 Å². The van der Waals surface area contributed by atoms with E-state index in [9.17, 15) is 25.1 Å². The zero-order valence-electron chi connectivity index (χ0n) is 31.0. The lowest BCUT2D eigenvalue weighted by Crippen LogP contribution is -2.52. The maximum absolute atomic E-state index is 12.0. The Balaban J connectivity index is 1.30. The number of nitriles is 1. The Bertz CT molecular complexity index is 2020. The maximum Gasteiger partial charge on any atom is 0.326 e. The third-order valence-electron chi connectivity index (χ3n) is 9.71. The minimum Gasteiger partial charge on any atom is -0.493 e. The molecule has 0 saturated carbocycles. The molecule has 1 atom stereocenters. The number of rotatable bonds is 17. The molecule has 284 valence electrons. The highest BCUT2D eigenvalue weighted by Crippen LogP contribution is 2.36. The van der Waals surface area contributed by atoms with E-state index in [1.54, 1.807) is 29.3 Å². The second kappa shape index (κ2) is 18.2. The Hall–Kier alpha value is -5.19. The number of carbonyl (C=O) groups is 2. The molecule has 2 heterocycles. The molecule has 13 heteroatoms. The number of amides is 1. The average molecular weight is 756 g/mol. The zero-order valence-corrected chi connectivity index (χ0v) is 31.8. The number of carbonyl (C=O) groups excluding carboxylic acids is 1. The number of carboxylic acids is 1. The van der Waals surface area contributed by atoms with Crippen molar-refractivity contribution in [2.24, 2.45) is 0 Å². The number of nitrogens with one attached hydrogen (secondary N) is 1. The number of aliphatic hydroxyl groups is 1. The summed E-state index contributed by atoms with van der Waals surface area (Å²) in [5, 5.41) is 31.9. The van der Waals surface area contributed by atoms with Gasteiger partial charge in [0.25, 0.3) is 0 Å². The molecule has 3 N–H and O–H groups in total. The Morgan fingerprint density at radius 3 is 2.44 bits per heavy atom. The molecule has 54 heavy (non-hydrogen) atoms. The molecule has 0 bridgehead atoms. The minimum atomic E-state index is -1.59. The van der Waals surface area contributed by atoms with Crippen LogP contribution in [0.2, 0.25) is 5.02 Å². The van der Waals surface area contributed by atoms with Crippen LogP contribution in [0, 0.1) is 25.2 Å². The minimum absolute atomic E-state index is 0.0235. The molecule has 1 aromatic heterocycles. The van der Waals surface area contributed by atoms with Gasteiger partial charge in [0, 0.05) is 62.8 Å². The third-order valence-corrected chi connectivity index (χ3v) is 10.0. The molecule has 0 unspecified atom stereocenters.